The molecule has 0 fully saturated rings. The molecule has 1 atom stereocenters. The van der Waals surface area contributed by atoms with Crippen LogP contribution in [0.25, 0.3) is 22.1 Å². The van der Waals surface area contributed by atoms with E-state index in [1.54, 1.807) is 18.2 Å². The van der Waals surface area contributed by atoms with Gasteiger partial charge in [-0.15, -0.1) is 0 Å². The minimum absolute atomic E-state index is 0.0206. The Morgan fingerprint density at radius 1 is 1.12 bits per heavy atom. The van der Waals surface area contributed by atoms with E-state index in [2.05, 4.69) is 4.72 Å². The van der Waals surface area contributed by atoms with Crippen LogP contribution >= 0.6 is 0 Å². The van der Waals surface area contributed by atoms with E-state index < -0.39 is 23.1 Å². The fourth-order valence-corrected chi connectivity index (χ4v) is 4.25. The van der Waals surface area contributed by atoms with Crippen molar-refractivity contribution in [1.29, 1.82) is 0 Å². The Morgan fingerprint density at radius 3 is 2.60 bits per heavy atom. The Kier molecular flexibility index (Phi) is 3.80. The molecule has 3 N–H and O–H groups in total. The number of sulfonamides is 1. The molecule has 3 heterocycles. The standard InChI is InChI=1S/C16H14BNO6S/c19-17(20)16(7-10-9-23-13-4-2-1-3-12(10)13)18-25(21,22)15-8-11-5-6-14(15)24-11/h1-6,8-9,16,18-20H,7H2/t16-/m0/s1. The van der Waals surface area contributed by atoms with Gasteiger partial charge in [0.05, 0.1) is 12.2 Å². The molecule has 0 aliphatic carbocycles. The number of fused-ring (bicyclic) bond motifs is 3. The van der Waals surface area contributed by atoms with E-state index in [0.29, 0.717) is 16.7 Å². The van der Waals surface area contributed by atoms with Crippen molar-refractivity contribution in [2.24, 2.45) is 0 Å². The molecule has 0 aliphatic rings. The molecule has 0 radical (unpaired) electrons. The van der Waals surface area contributed by atoms with Crippen LogP contribution in [0.5, 0.6) is 0 Å². The van der Waals surface area contributed by atoms with Crippen molar-refractivity contribution in [1.82, 2.24) is 4.72 Å². The lowest BCUT2D eigenvalue weighted by Crippen LogP contribution is -2.47. The number of furan rings is 3. The van der Waals surface area contributed by atoms with Crippen LogP contribution in [0.1, 0.15) is 5.56 Å². The summed E-state index contributed by atoms with van der Waals surface area (Å²) in [7, 11) is -5.84. The molecule has 25 heavy (non-hydrogen) atoms. The SMILES string of the molecule is O=S(=O)(N[C@@H](Cc1coc2ccccc12)B(O)O)c1cc2ccc1o2. The average molecular weight is 359 g/mol. The highest BCUT2D eigenvalue weighted by Gasteiger charge is 2.32. The Morgan fingerprint density at radius 2 is 1.92 bits per heavy atom. The van der Waals surface area contributed by atoms with Crippen LogP contribution < -0.4 is 4.72 Å². The molecule has 2 bridgehead atoms. The summed E-state index contributed by atoms with van der Waals surface area (Å²) in [6.45, 7) is 0. The van der Waals surface area contributed by atoms with E-state index in [9.17, 15) is 18.5 Å². The zero-order valence-electron chi connectivity index (χ0n) is 12.9. The third kappa shape index (κ3) is 2.91. The predicted octanol–water partition coefficient (Wildman–Crippen LogP) is 1.52. The first-order valence-corrected chi connectivity index (χ1v) is 9.08. The van der Waals surface area contributed by atoms with E-state index in [4.69, 9.17) is 8.83 Å². The first-order valence-electron chi connectivity index (χ1n) is 7.59. The maximum Gasteiger partial charge on any atom is 0.471 e. The molecule has 0 unspecified atom stereocenters. The maximum absolute atomic E-state index is 12.6. The normalized spacial score (nSPS) is 13.7. The number of para-hydroxylation sites is 1. The average Bonchev–Trinajstić information content (AvgIpc) is 3.29. The molecule has 0 aliphatic heterocycles. The predicted molar refractivity (Wildman–Crippen MR) is 91.6 cm³/mol. The van der Waals surface area contributed by atoms with Gasteiger partial charge in [-0.3, -0.25) is 0 Å². The van der Waals surface area contributed by atoms with Crippen molar-refractivity contribution >= 4 is 39.3 Å². The van der Waals surface area contributed by atoms with Gasteiger partial charge in [0.2, 0.25) is 10.0 Å². The van der Waals surface area contributed by atoms with Crippen molar-refractivity contribution in [3.05, 3.63) is 54.3 Å². The van der Waals surface area contributed by atoms with Crippen molar-refractivity contribution < 1.29 is 27.3 Å². The summed E-state index contributed by atoms with van der Waals surface area (Å²) in [6, 6.07) is 11.9. The lowest BCUT2D eigenvalue weighted by atomic mass is 9.77. The molecule has 4 rings (SSSR count). The molecule has 4 aromatic rings. The van der Waals surface area contributed by atoms with Gasteiger partial charge in [-0.1, -0.05) is 18.2 Å². The highest BCUT2D eigenvalue weighted by atomic mass is 32.2. The van der Waals surface area contributed by atoms with Gasteiger partial charge in [-0.25, -0.2) is 13.1 Å². The molecular weight excluding hydrogens is 345 g/mol. The number of rotatable bonds is 6. The number of hydrogen-bond donors (Lipinski definition) is 3. The monoisotopic (exact) mass is 359 g/mol. The Bertz CT molecular complexity index is 1120. The Balaban J connectivity index is 1.62. The third-order valence-electron chi connectivity index (χ3n) is 4.10. The van der Waals surface area contributed by atoms with Gasteiger partial charge >= 0.3 is 7.12 Å². The second-order valence-corrected chi connectivity index (χ2v) is 7.50. The van der Waals surface area contributed by atoms with Gasteiger partial charge in [-0.05, 0) is 30.2 Å². The summed E-state index contributed by atoms with van der Waals surface area (Å²) in [6.07, 6.45) is 1.55. The summed E-state index contributed by atoms with van der Waals surface area (Å²) in [4.78, 5) is -0.0206. The van der Waals surface area contributed by atoms with Gasteiger partial charge < -0.3 is 18.9 Å². The fraction of sp³-hybridized carbons (Fsp3) is 0.125. The summed E-state index contributed by atoms with van der Waals surface area (Å²) < 4.78 is 38.1. The van der Waals surface area contributed by atoms with Crippen molar-refractivity contribution in [2.45, 2.75) is 17.3 Å². The smallest absolute Gasteiger partial charge is 0.464 e. The van der Waals surface area contributed by atoms with Crippen LogP contribution in [0.2, 0.25) is 0 Å². The van der Waals surface area contributed by atoms with E-state index in [0.717, 1.165) is 5.39 Å². The van der Waals surface area contributed by atoms with Gasteiger partial charge in [0.15, 0.2) is 0 Å². The van der Waals surface area contributed by atoms with Crippen molar-refractivity contribution in [2.75, 3.05) is 0 Å². The molecule has 3 aromatic heterocycles. The highest BCUT2D eigenvalue weighted by Crippen LogP contribution is 2.27. The van der Waals surface area contributed by atoms with Crippen LogP contribution in [0.4, 0.5) is 0 Å². The largest absolute Gasteiger partial charge is 0.471 e. The van der Waals surface area contributed by atoms with Crippen molar-refractivity contribution in [3.8, 4) is 0 Å². The van der Waals surface area contributed by atoms with Crippen LogP contribution in [0, 0.1) is 0 Å². The lowest BCUT2D eigenvalue weighted by molar-refractivity contribution is 0.379. The molecular formula is C16H14BNO6S. The van der Waals surface area contributed by atoms with Crippen LogP contribution in [-0.2, 0) is 16.4 Å². The minimum Gasteiger partial charge on any atom is -0.464 e. The fourth-order valence-electron chi connectivity index (χ4n) is 2.87. The Hall–Kier alpha value is -2.33. The van der Waals surface area contributed by atoms with Crippen molar-refractivity contribution in [3.63, 3.8) is 0 Å². The summed E-state index contributed by atoms with van der Waals surface area (Å²) in [5.74, 6) is -1.14. The Labute approximate surface area is 143 Å². The number of benzene rings is 2. The first kappa shape index (κ1) is 16.2. The molecule has 0 saturated heterocycles. The second kappa shape index (κ2) is 5.89. The second-order valence-electron chi connectivity index (χ2n) is 5.81. The van der Waals surface area contributed by atoms with Gasteiger partial charge in [0, 0.05) is 11.5 Å². The molecule has 0 saturated carbocycles. The van der Waals surface area contributed by atoms with Gasteiger partial charge in [0.1, 0.15) is 21.6 Å². The quantitative estimate of drug-likeness (QED) is 0.450. The third-order valence-corrected chi connectivity index (χ3v) is 5.61. The van der Waals surface area contributed by atoms with E-state index >= 15 is 0 Å². The molecule has 7 nitrogen and oxygen atoms in total. The van der Waals surface area contributed by atoms with E-state index in [-0.39, 0.29) is 16.9 Å². The van der Waals surface area contributed by atoms with Crippen LogP contribution in [0.15, 0.2) is 62.5 Å². The zero-order valence-corrected chi connectivity index (χ0v) is 13.7. The molecule has 128 valence electrons. The molecule has 0 amide bonds. The van der Waals surface area contributed by atoms with Gasteiger partial charge in [0.25, 0.3) is 0 Å². The molecule has 0 spiro atoms. The number of hydrogen-bond acceptors (Lipinski definition) is 6. The molecule has 1 aromatic carbocycles. The first-order chi connectivity index (χ1) is 11.9. The van der Waals surface area contributed by atoms with Crippen LogP contribution in [-0.4, -0.2) is 31.5 Å². The van der Waals surface area contributed by atoms with E-state index in [1.165, 1.54) is 12.3 Å². The zero-order chi connectivity index (χ0) is 17.6. The number of nitrogens with one attached hydrogen (secondary N) is 1. The minimum atomic E-state index is -3.97. The van der Waals surface area contributed by atoms with E-state index in [1.807, 2.05) is 18.2 Å². The summed E-state index contributed by atoms with van der Waals surface area (Å²) >= 11 is 0. The highest BCUT2D eigenvalue weighted by molar-refractivity contribution is 7.89. The maximum atomic E-state index is 12.6. The summed E-state index contributed by atoms with van der Waals surface area (Å²) in [5.41, 5.74) is 1.99. The van der Waals surface area contributed by atoms with Gasteiger partial charge in [-0.2, -0.15) is 0 Å². The summed E-state index contributed by atoms with van der Waals surface area (Å²) in [5, 5.41) is 20.1. The topological polar surface area (TPSA) is 113 Å². The lowest BCUT2D eigenvalue weighted by Gasteiger charge is -2.17. The molecule has 9 heteroatoms. The van der Waals surface area contributed by atoms with Crippen LogP contribution in [0.3, 0.4) is 0 Å².